The predicted molar refractivity (Wildman–Crippen MR) is 68.6 cm³/mol. The summed E-state index contributed by atoms with van der Waals surface area (Å²) in [6.45, 7) is 0.784. The monoisotopic (exact) mass is 284 g/mol. The van der Waals surface area contributed by atoms with Gasteiger partial charge in [-0.2, -0.15) is 4.31 Å². The summed E-state index contributed by atoms with van der Waals surface area (Å²) in [5, 5.41) is 1.96. The molecule has 7 heteroatoms. The molecule has 18 heavy (non-hydrogen) atoms. The van der Waals surface area contributed by atoms with Gasteiger partial charge in [-0.15, -0.1) is 11.3 Å². The van der Waals surface area contributed by atoms with Crippen molar-refractivity contribution in [1.29, 1.82) is 0 Å². The third kappa shape index (κ3) is 2.21. The maximum absolute atomic E-state index is 11.7. The second-order valence-corrected chi connectivity index (χ2v) is 7.13. The number of nitrogens with zero attached hydrogens (tertiary/aromatic N) is 2. The Morgan fingerprint density at radius 3 is 3.06 bits per heavy atom. The smallest absolute Gasteiger partial charge is 0.214 e. The van der Waals surface area contributed by atoms with Gasteiger partial charge in [0.15, 0.2) is 5.76 Å². The molecule has 1 fully saturated rings. The van der Waals surface area contributed by atoms with E-state index in [1.54, 1.807) is 17.5 Å². The van der Waals surface area contributed by atoms with E-state index < -0.39 is 10.0 Å². The van der Waals surface area contributed by atoms with E-state index in [0.29, 0.717) is 24.6 Å². The lowest BCUT2D eigenvalue weighted by atomic mass is 10.4. The Labute approximate surface area is 109 Å². The third-order valence-electron chi connectivity index (χ3n) is 2.83. The van der Waals surface area contributed by atoms with Crippen LogP contribution in [0.25, 0.3) is 10.6 Å². The quantitative estimate of drug-likeness (QED) is 0.864. The van der Waals surface area contributed by atoms with Crippen molar-refractivity contribution < 1.29 is 12.8 Å². The molecule has 2 aromatic rings. The van der Waals surface area contributed by atoms with Crippen LogP contribution in [0.5, 0.6) is 0 Å². The zero-order valence-corrected chi connectivity index (χ0v) is 11.2. The van der Waals surface area contributed by atoms with Crippen LogP contribution in [0.15, 0.2) is 28.1 Å². The Balaban J connectivity index is 1.79. The van der Waals surface area contributed by atoms with E-state index in [0.717, 1.165) is 4.88 Å². The van der Waals surface area contributed by atoms with Gasteiger partial charge in [0.1, 0.15) is 0 Å². The maximum Gasteiger partial charge on any atom is 0.214 e. The highest BCUT2D eigenvalue weighted by atomic mass is 32.2. The summed E-state index contributed by atoms with van der Waals surface area (Å²) < 4.78 is 30.3. The fourth-order valence-electron chi connectivity index (χ4n) is 1.94. The number of hydrogen-bond donors (Lipinski definition) is 0. The molecule has 0 spiro atoms. The maximum atomic E-state index is 11.7. The van der Waals surface area contributed by atoms with Gasteiger partial charge in [-0.1, -0.05) is 6.07 Å². The Morgan fingerprint density at radius 1 is 1.50 bits per heavy atom. The zero-order valence-electron chi connectivity index (χ0n) is 9.57. The summed E-state index contributed by atoms with van der Waals surface area (Å²) in [7, 11) is -3.09. The molecule has 3 rings (SSSR count). The van der Waals surface area contributed by atoms with Gasteiger partial charge in [-0.05, 0) is 17.9 Å². The molecule has 5 nitrogen and oxygen atoms in total. The fraction of sp³-hybridized carbons (Fsp3) is 0.364. The molecule has 0 atom stereocenters. The summed E-state index contributed by atoms with van der Waals surface area (Å²) in [6, 6.07) is 3.88. The lowest BCUT2D eigenvalue weighted by Crippen LogP contribution is -2.25. The summed E-state index contributed by atoms with van der Waals surface area (Å²) in [5.41, 5.74) is 0. The molecule has 1 aliphatic rings. The molecule has 0 aromatic carbocycles. The van der Waals surface area contributed by atoms with Crippen LogP contribution in [0.3, 0.4) is 0 Å². The second kappa shape index (κ2) is 4.49. The topological polar surface area (TPSA) is 63.4 Å². The van der Waals surface area contributed by atoms with E-state index in [9.17, 15) is 8.42 Å². The first-order valence-electron chi connectivity index (χ1n) is 5.61. The van der Waals surface area contributed by atoms with Crippen LogP contribution in [-0.2, 0) is 16.6 Å². The number of sulfonamides is 1. The van der Waals surface area contributed by atoms with E-state index in [1.165, 1.54) is 4.31 Å². The predicted octanol–water partition coefficient (Wildman–Crippen LogP) is 1.94. The first-order valence-corrected chi connectivity index (χ1v) is 8.10. The highest BCUT2D eigenvalue weighted by Gasteiger charge is 2.29. The molecule has 2 aromatic heterocycles. The van der Waals surface area contributed by atoms with Crippen molar-refractivity contribution in [2.24, 2.45) is 0 Å². The Morgan fingerprint density at radius 2 is 2.39 bits per heavy atom. The summed E-state index contributed by atoms with van der Waals surface area (Å²) in [6.07, 6.45) is 2.32. The number of oxazole rings is 1. The first kappa shape index (κ1) is 11.9. The van der Waals surface area contributed by atoms with Crippen LogP contribution >= 0.6 is 11.3 Å². The van der Waals surface area contributed by atoms with Gasteiger partial charge in [0.25, 0.3) is 0 Å². The van der Waals surface area contributed by atoms with Crippen LogP contribution in [0, 0.1) is 0 Å². The summed E-state index contributed by atoms with van der Waals surface area (Å²) in [5.74, 6) is 1.37. The largest absolute Gasteiger partial charge is 0.438 e. The molecular formula is C11H12N2O3S2. The molecule has 1 saturated heterocycles. The highest BCUT2D eigenvalue weighted by Crippen LogP contribution is 2.26. The van der Waals surface area contributed by atoms with Crippen molar-refractivity contribution in [2.45, 2.75) is 13.0 Å². The van der Waals surface area contributed by atoms with Gasteiger partial charge in [-0.25, -0.2) is 13.4 Å². The Hall–Kier alpha value is -1.18. The standard InChI is InChI=1S/C11H12N2O3S2/c14-18(15)6-2-4-13(18)8-11-12-7-9(16-11)10-3-1-5-17-10/h1,3,5,7H,2,4,6,8H2. The number of aromatic nitrogens is 1. The van der Waals surface area contributed by atoms with Crippen LogP contribution in [0.1, 0.15) is 12.3 Å². The molecule has 0 aliphatic carbocycles. The van der Waals surface area contributed by atoms with Crippen molar-refractivity contribution in [1.82, 2.24) is 9.29 Å². The van der Waals surface area contributed by atoms with Gasteiger partial charge in [-0.3, -0.25) is 0 Å². The molecule has 3 heterocycles. The molecule has 0 radical (unpaired) electrons. The summed E-state index contributed by atoms with van der Waals surface area (Å²) in [4.78, 5) is 5.13. The van der Waals surface area contributed by atoms with Gasteiger partial charge >= 0.3 is 0 Å². The molecule has 0 saturated carbocycles. The minimum absolute atomic E-state index is 0.228. The molecule has 0 N–H and O–H groups in total. The van der Waals surface area contributed by atoms with Gasteiger partial charge in [0.05, 0.1) is 23.4 Å². The van der Waals surface area contributed by atoms with Gasteiger partial charge in [0.2, 0.25) is 15.9 Å². The van der Waals surface area contributed by atoms with E-state index in [2.05, 4.69) is 4.98 Å². The van der Waals surface area contributed by atoms with Gasteiger partial charge < -0.3 is 4.42 Å². The molecule has 1 aliphatic heterocycles. The number of rotatable bonds is 3. The van der Waals surface area contributed by atoms with Crippen molar-refractivity contribution in [2.75, 3.05) is 12.3 Å². The van der Waals surface area contributed by atoms with Crippen molar-refractivity contribution in [3.05, 3.63) is 29.6 Å². The van der Waals surface area contributed by atoms with E-state index in [4.69, 9.17) is 4.42 Å². The van der Waals surface area contributed by atoms with Crippen LogP contribution in [0.2, 0.25) is 0 Å². The van der Waals surface area contributed by atoms with Crippen LogP contribution in [0.4, 0.5) is 0 Å². The van der Waals surface area contributed by atoms with Crippen LogP contribution in [-0.4, -0.2) is 30.0 Å². The van der Waals surface area contributed by atoms with E-state index >= 15 is 0 Å². The average molecular weight is 284 g/mol. The van der Waals surface area contributed by atoms with Crippen molar-refractivity contribution in [3.63, 3.8) is 0 Å². The fourth-order valence-corrected chi connectivity index (χ4v) is 4.07. The summed E-state index contributed by atoms with van der Waals surface area (Å²) >= 11 is 1.57. The second-order valence-electron chi connectivity index (χ2n) is 4.10. The Kier molecular flexibility index (Phi) is 2.96. The first-order chi connectivity index (χ1) is 8.65. The number of thiophene rings is 1. The molecule has 0 unspecified atom stereocenters. The normalized spacial score (nSPS) is 19.3. The lowest BCUT2D eigenvalue weighted by molar-refractivity contribution is 0.379. The minimum atomic E-state index is -3.09. The van der Waals surface area contributed by atoms with E-state index in [-0.39, 0.29) is 12.3 Å². The zero-order chi connectivity index (χ0) is 12.6. The SMILES string of the molecule is O=S1(=O)CCCN1Cc1ncc(-c2cccs2)o1. The molecular weight excluding hydrogens is 272 g/mol. The van der Waals surface area contributed by atoms with Gasteiger partial charge in [0, 0.05) is 6.54 Å². The molecule has 96 valence electrons. The minimum Gasteiger partial charge on any atom is -0.438 e. The van der Waals surface area contributed by atoms with Crippen LogP contribution < -0.4 is 0 Å². The molecule has 0 amide bonds. The third-order valence-corrected chi connectivity index (χ3v) is 5.62. The molecule has 0 bridgehead atoms. The van der Waals surface area contributed by atoms with E-state index in [1.807, 2.05) is 17.5 Å². The average Bonchev–Trinajstić information content (AvgIpc) is 3.02. The van der Waals surface area contributed by atoms with Crippen molar-refractivity contribution in [3.8, 4) is 10.6 Å². The van der Waals surface area contributed by atoms with Crippen molar-refractivity contribution >= 4 is 21.4 Å². The lowest BCUT2D eigenvalue weighted by Gasteiger charge is -2.10. The highest BCUT2D eigenvalue weighted by molar-refractivity contribution is 7.89. The number of hydrogen-bond acceptors (Lipinski definition) is 5. The Bertz CT molecular complexity index is 631.